The second-order valence-electron chi connectivity index (χ2n) is 4.69. The number of thiazole rings is 1. The Morgan fingerprint density at radius 3 is 2.89 bits per heavy atom. The highest BCUT2D eigenvalue weighted by Gasteiger charge is 2.23. The molecule has 0 amide bonds. The average Bonchev–Trinajstić information content (AvgIpc) is 2.85. The number of fused-ring (bicyclic) bond motifs is 1. The maximum atomic E-state index is 6.08. The van der Waals surface area contributed by atoms with Crippen LogP contribution in [-0.4, -0.2) is 12.0 Å². The van der Waals surface area contributed by atoms with Crippen LogP contribution in [0.25, 0.3) is 10.6 Å². The summed E-state index contributed by atoms with van der Waals surface area (Å²) >= 11 is 13.8. The molecule has 1 aromatic heterocycles. The molecule has 3 rings (SSSR count). The predicted molar refractivity (Wildman–Crippen MR) is 82.3 cm³/mol. The Labute approximate surface area is 126 Å². The Hall–Kier alpha value is -0.610. The fraction of sp³-hybridized carbons (Fsp3) is 0.357. The van der Waals surface area contributed by atoms with Crippen LogP contribution in [0.15, 0.2) is 18.2 Å². The van der Waals surface area contributed by atoms with Gasteiger partial charge in [-0.15, -0.1) is 11.3 Å². The highest BCUT2D eigenvalue weighted by atomic mass is 35.5. The highest BCUT2D eigenvalue weighted by molar-refractivity contribution is 7.15. The van der Waals surface area contributed by atoms with E-state index in [0.29, 0.717) is 16.1 Å². The van der Waals surface area contributed by atoms with Crippen molar-refractivity contribution in [2.24, 2.45) is 0 Å². The fourth-order valence-corrected chi connectivity index (χ4v) is 3.91. The molecular formula is C14H14Cl2N2S. The van der Waals surface area contributed by atoms with Gasteiger partial charge in [-0.1, -0.05) is 29.3 Å². The third-order valence-electron chi connectivity index (χ3n) is 3.47. The van der Waals surface area contributed by atoms with Gasteiger partial charge >= 0.3 is 0 Å². The molecule has 1 unspecified atom stereocenters. The minimum Gasteiger partial charge on any atom is -0.312 e. The van der Waals surface area contributed by atoms with Gasteiger partial charge in [0.25, 0.3) is 0 Å². The Kier molecular flexibility index (Phi) is 3.81. The van der Waals surface area contributed by atoms with Crippen LogP contribution in [0, 0.1) is 0 Å². The lowest BCUT2D eigenvalue weighted by Gasteiger charge is -2.19. The third kappa shape index (κ3) is 2.52. The first-order valence-electron chi connectivity index (χ1n) is 6.31. The van der Waals surface area contributed by atoms with Crippen LogP contribution in [0.3, 0.4) is 0 Å². The first-order valence-corrected chi connectivity index (χ1v) is 7.88. The Balaban J connectivity index is 2.02. The first-order chi connectivity index (χ1) is 9.19. The van der Waals surface area contributed by atoms with Crippen LogP contribution in [0.2, 0.25) is 10.0 Å². The molecule has 5 heteroatoms. The van der Waals surface area contributed by atoms with E-state index in [4.69, 9.17) is 28.2 Å². The van der Waals surface area contributed by atoms with Gasteiger partial charge in [0.1, 0.15) is 5.01 Å². The van der Waals surface area contributed by atoms with Crippen LogP contribution < -0.4 is 5.32 Å². The van der Waals surface area contributed by atoms with E-state index in [0.717, 1.165) is 23.4 Å². The second-order valence-corrected chi connectivity index (χ2v) is 6.59. The lowest BCUT2D eigenvalue weighted by Crippen LogP contribution is -2.21. The summed E-state index contributed by atoms with van der Waals surface area (Å²) in [5, 5.41) is 5.54. The van der Waals surface area contributed by atoms with Gasteiger partial charge in [0.05, 0.1) is 21.8 Å². The molecule has 0 saturated heterocycles. The van der Waals surface area contributed by atoms with Crippen LogP contribution in [-0.2, 0) is 6.42 Å². The third-order valence-corrected chi connectivity index (χ3v) is 5.39. The molecule has 2 nitrogen and oxygen atoms in total. The molecule has 0 spiro atoms. The summed E-state index contributed by atoms with van der Waals surface area (Å²) in [4.78, 5) is 6.19. The van der Waals surface area contributed by atoms with E-state index < -0.39 is 0 Å². The molecule has 1 heterocycles. The van der Waals surface area contributed by atoms with Crippen LogP contribution in [0.4, 0.5) is 0 Å². The minimum absolute atomic E-state index is 0.386. The Bertz CT molecular complexity index is 609. The predicted octanol–water partition coefficient (Wildman–Crippen LogP) is 4.71. The molecular weight excluding hydrogens is 299 g/mol. The van der Waals surface area contributed by atoms with Gasteiger partial charge in [-0.05, 0) is 38.4 Å². The SMILES string of the molecule is CNC1CCCc2sc(-c3ccc(Cl)c(Cl)c3)nc21. The summed E-state index contributed by atoms with van der Waals surface area (Å²) < 4.78 is 0. The number of hydrogen-bond acceptors (Lipinski definition) is 3. The van der Waals surface area contributed by atoms with Gasteiger partial charge in [-0.25, -0.2) is 4.98 Å². The van der Waals surface area contributed by atoms with Gasteiger partial charge < -0.3 is 5.32 Å². The molecule has 2 aromatic rings. The van der Waals surface area contributed by atoms with Crippen molar-refractivity contribution in [3.05, 3.63) is 38.8 Å². The number of aryl methyl sites for hydroxylation is 1. The van der Waals surface area contributed by atoms with E-state index in [1.165, 1.54) is 17.0 Å². The van der Waals surface area contributed by atoms with Gasteiger partial charge in [0.2, 0.25) is 0 Å². The zero-order chi connectivity index (χ0) is 13.4. The molecule has 0 aliphatic heterocycles. The number of aromatic nitrogens is 1. The molecule has 0 radical (unpaired) electrons. The topological polar surface area (TPSA) is 24.9 Å². The van der Waals surface area contributed by atoms with E-state index >= 15 is 0 Å². The van der Waals surface area contributed by atoms with Gasteiger partial charge in [0.15, 0.2) is 0 Å². The first kappa shape index (κ1) is 13.4. The molecule has 0 saturated carbocycles. The van der Waals surface area contributed by atoms with Gasteiger partial charge in [0, 0.05) is 10.4 Å². The monoisotopic (exact) mass is 312 g/mol. The van der Waals surface area contributed by atoms with Crippen molar-refractivity contribution in [3.63, 3.8) is 0 Å². The Morgan fingerprint density at radius 1 is 1.32 bits per heavy atom. The molecule has 1 aliphatic carbocycles. The van der Waals surface area contributed by atoms with Crippen molar-refractivity contribution < 1.29 is 0 Å². The number of halogens is 2. The summed E-state index contributed by atoms with van der Waals surface area (Å²) in [5.41, 5.74) is 2.25. The maximum absolute atomic E-state index is 6.08. The second kappa shape index (κ2) is 5.41. The number of nitrogens with zero attached hydrogens (tertiary/aromatic N) is 1. The zero-order valence-corrected chi connectivity index (χ0v) is 12.9. The van der Waals surface area contributed by atoms with Crippen LogP contribution >= 0.6 is 34.5 Å². The van der Waals surface area contributed by atoms with Gasteiger partial charge in [-0.2, -0.15) is 0 Å². The zero-order valence-electron chi connectivity index (χ0n) is 10.5. The van der Waals surface area contributed by atoms with Crippen molar-refractivity contribution in [1.82, 2.24) is 10.3 Å². The molecule has 19 heavy (non-hydrogen) atoms. The lowest BCUT2D eigenvalue weighted by atomic mass is 9.98. The lowest BCUT2D eigenvalue weighted by molar-refractivity contribution is 0.490. The van der Waals surface area contributed by atoms with Crippen LogP contribution in [0.1, 0.15) is 29.5 Å². The maximum Gasteiger partial charge on any atom is 0.123 e. The summed E-state index contributed by atoms with van der Waals surface area (Å²) in [6, 6.07) is 6.08. The summed E-state index contributed by atoms with van der Waals surface area (Å²) in [6.45, 7) is 0. The molecule has 1 N–H and O–H groups in total. The van der Waals surface area contributed by atoms with E-state index in [2.05, 4.69) is 5.32 Å². The fourth-order valence-electron chi connectivity index (χ4n) is 2.45. The molecule has 0 fully saturated rings. The van der Waals surface area contributed by atoms with Crippen molar-refractivity contribution in [3.8, 4) is 10.6 Å². The number of nitrogens with one attached hydrogen (secondary N) is 1. The van der Waals surface area contributed by atoms with Crippen molar-refractivity contribution in [1.29, 1.82) is 0 Å². The van der Waals surface area contributed by atoms with Crippen molar-refractivity contribution in [2.45, 2.75) is 25.3 Å². The minimum atomic E-state index is 0.386. The molecule has 1 aromatic carbocycles. The summed E-state index contributed by atoms with van der Waals surface area (Å²) in [7, 11) is 2.00. The standard InChI is InChI=1S/C14H14Cl2N2S/c1-17-11-3-2-4-12-13(11)18-14(19-12)8-5-6-9(15)10(16)7-8/h5-7,11,17H,2-4H2,1H3. The smallest absolute Gasteiger partial charge is 0.123 e. The normalized spacial score (nSPS) is 18.4. The van der Waals surface area contributed by atoms with E-state index in [-0.39, 0.29) is 0 Å². The van der Waals surface area contributed by atoms with E-state index in [1.807, 2.05) is 25.2 Å². The number of hydrogen-bond donors (Lipinski definition) is 1. The molecule has 1 aliphatic rings. The number of benzene rings is 1. The highest BCUT2D eigenvalue weighted by Crippen LogP contribution is 2.38. The van der Waals surface area contributed by atoms with Crippen molar-refractivity contribution in [2.75, 3.05) is 7.05 Å². The average molecular weight is 313 g/mol. The largest absolute Gasteiger partial charge is 0.312 e. The van der Waals surface area contributed by atoms with E-state index in [9.17, 15) is 0 Å². The van der Waals surface area contributed by atoms with Crippen molar-refractivity contribution >= 4 is 34.5 Å². The molecule has 1 atom stereocenters. The number of rotatable bonds is 2. The van der Waals surface area contributed by atoms with Gasteiger partial charge in [-0.3, -0.25) is 0 Å². The molecule has 100 valence electrons. The van der Waals surface area contributed by atoms with Crippen LogP contribution in [0.5, 0.6) is 0 Å². The van der Waals surface area contributed by atoms with E-state index in [1.54, 1.807) is 11.3 Å². The summed E-state index contributed by atoms with van der Waals surface area (Å²) in [5.74, 6) is 0. The molecule has 0 bridgehead atoms. The quantitative estimate of drug-likeness (QED) is 0.868. The Morgan fingerprint density at radius 2 is 2.16 bits per heavy atom. The summed E-state index contributed by atoms with van der Waals surface area (Å²) in [6.07, 6.45) is 3.52.